The van der Waals surface area contributed by atoms with E-state index in [1.807, 2.05) is 0 Å². The van der Waals surface area contributed by atoms with Gasteiger partial charge in [0.2, 0.25) is 17.8 Å². The van der Waals surface area contributed by atoms with Gasteiger partial charge in [-0.05, 0) is 56.4 Å². The van der Waals surface area contributed by atoms with E-state index in [-0.39, 0.29) is 108 Å². The van der Waals surface area contributed by atoms with E-state index in [1.165, 1.54) is 12.5 Å². The Labute approximate surface area is 398 Å². The van der Waals surface area contributed by atoms with Crippen LogP contribution in [0.4, 0.5) is 17.6 Å². The zero-order chi connectivity index (χ0) is 45.5. The maximum atomic E-state index is 12.8. The number of nitrogen functional groups attached to an aromatic ring is 2. The molecule has 4 aromatic heterocycles. The van der Waals surface area contributed by atoms with Crippen molar-refractivity contribution in [1.82, 2.24) is 44.8 Å². The predicted molar refractivity (Wildman–Crippen MR) is 241 cm³/mol. The third kappa shape index (κ3) is 18.0. The SMILES string of the molecule is CCCCCC[C@H](C/C=C\CCCCCCCC(=O)OCCOCn1cnc2c(=O)[nH]c(N)nc21)OC(=O)CC[CH-]NC(=O)c1ccc(NCc2cnc3nc(N)[nH]c(=O)c3n2)cc1.[Na+]. The number of aromatic nitrogens is 8. The van der Waals surface area contributed by atoms with Crippen LogP contribution in [0.5, 0.6) is 0 Å². The number of hydrogen-bond acceptors (Lipinski definition) is 16. The maximum absolute atomic E-state index is 12.8. The molecule has 0 fully saturated rings. The van der Waals surface area contributed by atoms with E-state index in [0.29, 0.717) is 42.7 Å². The second-order valence-corrected chi connectivity index (χ2v) is 15.2. The molecule has 0 saturated carbocycles. The third-order valence-corrected chi connectivity index (χ3v) is 10.0. The number of imidazole rings is 1. The summed E-state index contributed by atoms with van der Waals surface area (Å²) in [6.07, 6.45) is 19.4. The fraction of sp³-hybridized carbons (Fsp3) is 0.477. The average Bonchev–Trinajstić information content (AvgIpc) is 3.69. The molecule has 1 amide bonds. The van der Waals surface area contributed by atoms with E-state index in [9.17, 15) is 24.0 Å². The van der Waals surface area contributed by atoms with Crippen molar-refractivity contribution in [3.8, 4) is 0 Å². The summed E-state index contributed by atoms with van der Waals surface area (Å²) in [5.74, 6) is -0.891. The number of unbranched alkanes of at least 4 members (excludes halogenated alkanes) is 8. The van der Waals surface area contributed by atoms with Gasteiger partial charge in [-0.3, -0.25) is 38.5 Å². The van der Waals surface area contributed by atoms with Crippen LogP contribution >= 0.6 is 0 Å². The van der Waals surface area contributed by atoms with Gasteiger partial charge in [-0.1, -0.05) is 57.6 Å². The molecule has 0 aliphatic carbocycles. The van der Waals surface area contributed by atoms with Crippen LogP contribution in [0.3, 0.4) is 0 Å². The third-order valence-electron chi connectivity index (χ3n) is 10.0. The monoisotopic (exact) mass is 906 g/mol. The Morgan fingerprint density at radius 3 is 2.38 bits per heavy atom. The van der Waals surface area contributed by atoms with E-state index in [2.05, 4.69) is 64.6 Å². The van der Waals surface area contributed by atoms with E-state index in [4.69, 9.17) is 25.7 Å². The summed E-state index contributed by atoms with van der Waals surface area (Å²) in [6, 6.07) is 6.87. The fourth-order valence-electron chi connectivity index (χ4n) is 6.64. The number of hydrogen-bond donors (Lipinski definition) is 6. The number of carbonyl (C=O) groups excluding carboxylic acids is 3. The van der Waals surface area contributed by atoms with Crippen molar-refractivity contribution in [3.05, 3.63) is 87.5 Å². The smallest absolute Gasteiger partial charge is 0.501 e. The van der Waals surface area contributed by atoms with Gasteiger partial charge in [-0.2, -0.15) is 16.4 Å². The fourth-order valence-corrected chi connectivity index (χ4v) is 6.64. The van der Waals surface area contributed by atoms with Crippen LogP contribution in [-0.2, 0) is 37.1 Å². The molecule has 0 bridgehead atoms. The number of H-pyrrole nitrogens is 2. The molecule has 0 aliphatic rings. The molecule has 4 heterocycles. The number of carbonyl (C=O) groups is 3. The van der Waals surface area contributed by atoms with Gasteiger partial charge in [0.15, 0.2) is 22.3 Å². The molecule has 0 saturated heterocycles. The summed E-state index contributed by atoms with van der Waals surface area (Å²) in [5.41, 5.74) is 12.8. The van der Waals surface area contributed by atoms with Crippen molar-refractivity contribution in [1.29, 1.82) is 0 Å². The molecule has 0 spiro atoms. The van der Waals surface area contributed by atoms with Gasteiger partial charge >= 0.3 is 41.5 Å². The van der Waals surface area contributed by atoms with Crippen molar-refractivity contribution in [2.45, 2.75) is 123 Å². The van der Waals surface area contributed by atoms with Crippen molar-refractivity contribution >= 4 is 57.8 Å². The number of allylic oxidation sites excluding steroid dienone is 1. The first-order valence-electron chi connectivity index (χ1n) is 21.9. The minimum atomic E-state index is -0.466. The Hall–Kier alpha value is -5.70. The number of nitrogens with zero attached hydrogens (tertiary/aromatic N) is 6. The summed E-state index contributed by atoms with van der Waals surface area (Å²) in [5, 5.41) is 5.94. The van der Waals surface area contributed by atoms with Crippen LogP contribution in [0.1, 0.15) is 119 Å². The van der Waals surface area contributed by atoms with Gasteiger partial charge in [0.1, 0.15) is 19.4 Å². The maximum Gasteiger partial charge on any atom is 1.00 e. The molecule has 344 valence electrons. The van der Waals surface area contributed by atoms with E-state index < -0.39 is 11.1 Å². The average molecular weight is 907 g/mol. The molecule has 20 nitrogen and oxygen atoms in total. The van der Waals surface area contributed by atoms with Gasteiger partial charge in [0, 0.05) is 30.5 Å². The predicted octanol–water partition coefficient (Wildman–Crippen LogP) is 2.38. The Morgan fingerprint density at radius 2 is 1.58 bits per heavy atom. The minimum absolute atomic E-state index is 0. The molecule has 0 unspecified atom stereocenters. The van der Waals surface area contributed by atoms with Crippen molar-refractivity contribution < 1.29 is 58.2 Å². The standard InChI is InChI=1S/C44H59N12O8.Na/c1-2-3-4-11-15-33(16-12-9-7-5-6-8-10-13-17-34(57)63-25-24-62-29-56-28-50-37-39(56)53-44(46)55-42(37)61)64-35(58)18-14-23-47-40(59)30-19-21-31(22-20-30)48-26-32-27-49-38-36(51-32)41(60)54-43(45)52-38;/h9,12,19-23,27-28,33,48H,2-8,10-11,13-18,24-26,29H2,1H3,(H,47,59)(H3,46,53,55,61)(H3,45,49,52,54,60);/q-1;+1/b12-9-;/t33-;/m1./s1. The molecular weight excluding hydrogens is 848 g/mol. The molecule has 1 aromatic carbocycles. The number of fused-ring (bicyclic) bond motifs is 2. The Bertz CT molecular complexity index is 2420. The first kappa shape index (κ1) is 51.9. The van der Waals surface area contributed by atoms with Crippen molar-refractivity contribution in [2.24, 2.45) is 0 Å². The second-order valence-electron chi connectivity index (χ2n) is 15.2. The quantitative estimate of drug-likeness (QED) is 0.0132. The first-order valence-corrected chi connectivity index (χ1v) is 21.9. The zero-order valence-electron chi connectivity index (χ0n) is 37.3. The van der Waals surface area contributed by atoms with E-state index >= 15 is 0 Å². The Balaban J connectivity index is 0.00000925. The van der Waals surface area contributed by atoms with Crippen LogP contribution in [0.25, 0.3) is 22.3 Å². The van der Waals surface area contributed by atoms with Crippen LogP contribution in [-0.4, -0.2) is 76.6 Å². The molecular formula is C44H59N12NaO8. The van der Waals surface area contributed by atoms with E-state index in [0.717, 1.165) is 76.3 Å². The Kier molecular flexibility index (Phi) is 22.6. The summed E-state index contributed by atoms with van der Waals surface area (Å²) in [7, 11) is 0. The number of aromatic amines is 2. The number of nitrogens with one attached hydrogen (secondary N) is 4. The number of esters is 2. The van der Waals surface area contributed by atoms with Crippen molar-refractivity contribution in [3.63, 3.8) is 0 Å². The molecule has 5 rings (SSSR count). The molecule has 1 atom stereocenters. The van der Waals surface area contributed by atoms with Crippen LogP contribution < -0.4 is 62.8 Å². The second kappa shape index (κ2) is 28.3. The van der Waals surface area contributed by atoms with Gasteiger partial charge in [-0.25, -0.2) is 21.5 Å². The number of amides is 1. The normalized spacial score (nSPS) is 11.7. The van der Waals surface area contributed by atoms with E-state index in [1.54, 1.807) is 35.4 Å². The summed E-state index contributed by atoms with van der Waals surface area (Å²) < 4.78 is 18.2. The number of ether oxygens (including phenoxy) is 3. The molecule has 65 heavy (non-hydrogen) atoms. The number of anilines is 3. The molecule has 8 N–H and O–H groups in total. The van der Waals surface area contributed by atoms with Gasteiger partial charge in [0.05, 0.1) is 31.4 Å². The minimum Gasteiger partial charge on any atom is -0.501 e. The number of nitrogens with two attached hydrogens (primary N) is 2. The largest absolute Gasteiger partial charge is 1.00 e. The molecule has 21 heteroatoms. The Morgan fingerprint density at radius 1 is 0.846 bits per heavy atom. The van der Waals surface area contributed by atoms with Crippen LogP contribution in [0.2, 0.25) is 0 Å². The first-order chi connectivity index (χ1) is 31.1. The van der Waals surface area contributed by atoms with Crippen LogP contribution in [0, 0.1) is 6.54 Å². The number of rotatable bonds is 29. The van der Waals surface area contributed by atoms with Gasteiger partial charge < -0.3 is 36.3 Å². The topological polar surface area (TPSA) is 290 Å². The number of benzene rings is 1. The molecule has 0 radical (unpaired) electrons. The summed E-state index contributed by atoms with van der Waals surface area (Å²) in [4.78, 5) is 86.9. The summed E-state index contributed by atoms with van der Waals surface area (Å²) >= 11 is 0. The molecule has 0 aliphatic heterocycles. The summed E-state index contributed by atoms with van der Waals surface area (Å²) in [6.45, 7) is 4.43. The zero-order valence-corrected chi connectivity index (χ0v) is 39.3. The van der Waals surface area contributed by atoms with Gasteiger partial charge in [-0.15, -0.1) is 0 Å². The van der Waals surface area contributed by atoms with Gasteiger partial charge in [0.25, 0.3) is 11.1 Å². The van der Waals surface area contributed by atoms with Crippen LogP contribution in [0.15, 0.2) is 58.5 Å². The molecule has 5 aromatic rings. The van der Waals surface area contributed by atoms with Crippen molar-refractivity contribution in [2.75, 3.05) is 30.0 Å².